The summed E-state index contributed by atoms with van der Waals surface area (Å²) in [6, 6.07) is 7.71. The molecule has 1 atom stereocenters. The van der Waals surface area contributed by atoms with Crippen LogP contribution in [-0.2, 0) is 13.6 Å². The summed E-state index contributed by atoms with van der Waals surface area (Å²) in [5, 5.41) is 16.2. The molecule has 0 bridgehead atoms. The van der Waals surface area contributed by atoms with Crippen molar-refractivity contribution in [3.05, 3.63) is 54.1 Å². The summed E-state index contributed by atoms with van der Waals surface area (Å²) in [7, 11) is 1.97. The molecule has 144 valence electrons. The Bertz CT molecular complexity index is 676. The zero-order chi connectivity index (χ0) is 18.1. The number of benzene rings is 1. The quantitative estimate of drug-likeness (QED) is 0.311. The Kier molecular flexibility index (Phi) is 10.0. The van der Waals surface area contributed by atoms with Crippen LogP contribution in [0.25, 0.3) is 0 Å². The van der Waals surface area contributed by atoms with Crippen LogP contribution < -0.4 is 15.4 Å². The number of ether oxygens (including phenoxy) is 1. The van der Waals surface area contributed by atoms with Crippen LogP contribution >= 0.6 is 24.0 Å². The Balaban J connectivity index is 0.00000338. The van der Waals surface area contributed by atoms with Gasteiger partial charge in [0, 0.05) is 32.5 Å². The van der Waals surface area contributed by atoms with E-state index in [0.717, 1.165) is 12.1 Å². The maximum atomic E-state index is 12.8. The van der Waals surface area contributed by atoms with E-state index in [0.29, 0.717) is 24.8 Å². The molecule has 0 saturated heterocycles. The van der Waals surface area contributed by atoms with Gasteiger partial charge in [0.15, 0.2) is 5.96 Å². The number of nitrogens with zero attached hydrogens (tertiary/aromatic N) is 2. The number of halogens is 2. The number of aliphatic imine (C=N–C) groups is 1. The average Bonchev–Trinajstić information content (AvgIpc) is 3.02. The second-order valence-corrected chi connectivity index (χ2v) is 5.68. The number of aliphatic hydroxyl groups excluding tert-OH is 1. The zero-order valence-corrected chi connectivity index (χ0v) is 17.3. The number of aromatic nitrogens is 1. The number of rotatable bonds is 8. The number of aliphatic hydroxyl groups is 1. The minimum Gasteiger partial charge on any atom is -0.491 e. The Morgan fingerprint density at radius 2 is 2.00 bits per heavy atom. The molecule has 0 radical (unpaired) electrons. The second-order valence-electron chi connectivity index (χ2n) is 5.68. The molecule has 0 aliphatic heterocycles. The van der Waals surface area contributed by atoms with Crippen LogP contribution in [0, 0.1) is 5.82 Å². The van der Waals surface area contributed by atoms with Crippen LogP contribution in [0.1, 0.15) is 12.5 Å². The number of aryl methyl sites for hydroxylation is 1. The molecule has 3 N–H and O–H groups in total. The molecular weight excluding hydrogens is 450 g/mol. The van der Waals surface area contributed by atoms with Gasteiger partial charge in [-0.15, -0.1) is 24.0 Å². The molecular formula is C18H26FIN4O2. The maximum absolute atomic E-state index is 12.8. The molecule has 2 rings (SSSR count). The Morgan fingerprint density at radius 1 is 1.27 bits per heavy atom. The molecule has 1 heterocycles. The molecule has 0 spiro atoms. The van der Waals surface area contributed by atoms with Gasteiger partial charge in [0.1, 0.15) is 24.3 Å². The summed E-state index contributed by atoms with van der Waals surface area (Å²) in [5.41, 5.74) is 1.11. The van der Waals surface area contributed by atoms with E-state index >= 15 is 0 Å². The van der Waals surface area contributed by atoms with E-state index in [1.807, 2.05) is 37.0 Å². The summed E-state index contributed by atoms with van der Waals surface area (Å²) >= 11 is 0. The van der Waals surface area contributed by atoms with Gasteiger partial charge in [-0.25, -0.2) is 9.38 Å². The minimum absolute atomic E-state index is 0. The van der Waals surface area contributed by atoms with Gasteiger partial charge in [-0.3, -0.25) is 0 Å². The fraction of sp³-hybridized carbons (Fsp3) is 0.389. The van der Waals surface area contributed by atoms with Crippen LogP contribution in [-0.4, -0.2) is 41.4 Å². The molecule has 8 heteroatoms. The highest BCUT2D eigenvalue weighted by atomic mass is 127. The van der Waals surface area contributed by atoms with Crippen LogP contribution in [0.15, 0.2) is 47.7 Å². The van der Waals surface area contributed by atoms with Crippen molar-refractivity contribution < 1.29 is 14.2 Å². The van der Waals surface area contributed by atoms with Gasteiger partial charge in [0.05, 0.1) is 6.54 Å². The van der Waals surface area contributed by atoms with E-state index < -0.39 is 6.10 Å². The fourth-order valence-corrected chi connectivity index (χ4v) is 2.16. The molecule has 0 aliphatic rings. The van der Waals surface area contributed by atoms with Crippen molar-refractivity contribution in [3.8, 4) is 5.75 Å². The molecule has 6 nitrogen and oxygen atoms in total. The summed E-state index contributed by atoms with van der Waals surface area (Å²) in [6.45, 7) is 3.66. The molecule has 0 saturated carbocycles. The van der Waals surface area contributed by atoms with Gasteiger partial charge in [0.2, 0.25) is 0 Å². The monoisotopic (exact) mass is 476 g/mol. The third-order valence-electron chi connectivity index (χ3n) is 3.42. The van der Waals surface area contributed by atoms with Crippen molar-refractivity contribution in [2.75, 3.05) is 19.7 Å². The van der Waals surface area contributed by atoms with Crippen molar-refractivity contribution in [3.63, 3.8) is 0 Å². The summed E-state index contributed by atoms with van der Waals surface area (Å²) in [4.78, 5) is 4.48. The lowest BCUT2D eigenvalue weighted by atomic mass is 10.3. The first-order chi connectivity index (χ1) is 12.1. The Labute approximate surface area is 170 Å². The van der Waals surface area contributed by atoms with Crippen LogP contribution in [0.4, 0.5) is 4.39 Å². The van der Waals surface area contributed by atoms with Gasteiger partial charge < -0.3 is 25.0 Å². The molecule has 1 aromatic carbocycles. The third kappa shape index (κ3) is 8.05. The van der Waals surface area contributed by atoms with Crippen LogP contribution in [0.3, 0.4) is 0 Å². The lowest BCUT2D eigenvalue weighted by molar-refractivity contribution is 0.110. The topological polar surface area (TPSA) is 70.8 Å². The van der Waals surface area contributed by atoms with Crippen LogP contribution in [0.2, 0.25) is 0 Å². The highest BCUT2D eigenvalue weighted by Gasteiger charge is 2.07. The van der Waals surface area contributed by atoms with E-state index in [1.54, 1.807) is 0 Å². The summed E-state index contributed by atoms with van der Waals surface area (Å²) < 4.78 is 20.2. The maximum Gasteiger partial charge on any atom is 0.191 e. The average molecular weight is 476 g/mol. The lowest BCUT2D eigenvalue weighted by Crippen LogP contribution is -2.42. The highest BCUT2D eigenvalue weighted by Crippen LogP contribution is 2.11. The smallest absolute Gasteiger partial charge is 0.191 e. The normalized spacial score (nSPS) is 12.2. The third-order valence-corrected chi connectivity index (χ3v) is 3.42. The standard InChI is InChI=1S/C18H25FN4O2.HI/c1-3-20-18(21-10-14-8-9-23(2)12-14)22-11-16(24)13-25-17-6-4-15(19)5-7-17;/h4-9,12,16,24H,3,10-11,13H2,1-2H3,(H2,20,21,22);1H. The van der Waals surface area contributed by atoms with Crippen molar-refractivity contribution in [1.82, 2.24) is 15.2 Å². The van der Waals surface area contributed by atoms with E-state index in [-0.39, 0.29) is 36.4 Å². The van der Waals surface area contributed by atoms with E-state index in [9.17, 15) is 9.50 Å². The lowest BCUT2D eigenvalue weighted by Gasteiger charge is -2.16. The van der Waals surface area contributed by atoms with Gasteiger partial charge in [-0.1, -0.05) is 0 Å². The summed E-state index contributed by atoms with van der Waals surface area (Å²) in [5.74, 6) is 0.830. The molecule has 26 heavy (non-hydrogen) atoms. The first-order valence-corrected chi connectivity index (χ1v) is 8.26. The number of hydrogen-bond acceptors (Lipinski definition) is 3. The molecule has 1 unspecified atom stereocenters. The van der Waals surface area contributed by atoms with Crippen molar-refractivity contribution >= 4 is 29.9 Å². The molecule has 1 aromatic heterocycles. The second kappa shape index (κ2) is 11.7. The Hall–Kier alpha value is -1.81. The van der Waals surface area contributed by atoms with Crippen molar-refractivity contribution in [2.45, 2.75) is 19.6 Å². The number of nitrogens with one attached hydrogen (secondary N) is 2. The predicted molar refractivity (Wildman–Crippen MR) is 112 cm³/mol. The van der Waals surface area contributed by atoms with E-state index in [4.69, 9.17) is 4.74 Å². The SMILES string of the molecule is CCNC(=NCc1ccn(C)c1)NCC(O)COc1ccc(F)cc1.I. The zero-order valence-electron chi connectivity index (χ0n) is 15.0. The van der Waals surface area contributed by atoms with E-state index in [2.05, 4.69) is 15.6 Å². The highest BCUT2D eigenvalue weighted by molar-refractivity contribution is 14.0. The fourth-order valence-electron chi connectivity index (χ4n) is 2.16. The molecule has 0 amide bonds. The molecule has 2 aromatic rings. The first kappa shape index (κ1) is 22.2. The van der Waals surface area contributed by atoms with Gasteiger partial charge in [0.25, 0.3) is 0 Å². The Morgan fingerprint density at radius 3 is 2.62 bits per heavy atom. The van der Waals surface area contributed by atoms with Gasteiger partial charge >= 0.3 is 0 Å². The summed E-state index contributed by atoms with van der Waals surface area (Å²) in [6.07, 6.45) is 3.27. The van der Waals surface area contributed by atoms with E-state index in [1.165, 1.54) is 24.3 Å². The molecule has 0 aliphatic carbocycles. The molecule has 0 fully saturated rings. The number of hydrogen-bond donors (Lipinski definition) is 3. The van der Waals surface area contributed by atoms with Gasteiger partial charge in [-0.05, 0) is 42.8 Å². The predicted octanol–water partition coefficient (Wildman–Crippen LogP) is 2.28. The van der Waals surface area contributed by atoms with Crippen molar-refractivity contribution in [1.29, 1.82) is 0 Å². The van der Waals surface area contributed by atoms with Crippen LogP contribution in [0.5, 0.6) is 5.75 Å². The number of guanidine groups is 1. The van der Waals surface area contributed by atoms with Gasteiger partial charge in [-0.2, -0.15) is 0 Å². The largest absolute Gasteiger partial charge is 0.491 e. The minimum atomic E-state index is -0.717. The van der Waals surface area contributed by atoms with Crippen molar-refractivity contribution in [2.24, 2.45) is 12.0 Å². The first-order valence-electron chi connectivity index (χ1n) is 8.26.